The summed E-state index contributed by atoms with van der Waals surface area (Å²) in [6, 6.07) is 10.1. The normalized spacial score (nSPS) is 11.1. The van der Waals surface area contributed by atoms with Crippen LogP contribution in [0.3, 0.4) is 0 Å². The highest BCUT2D eigenvalue weighted by Gasteiger charge is 2.11. The second kappa shape index (κ2) is 5.82. The van der Waals surface area contributed by atoms with Gasteiger partial charge in [-0.1, -0.05) is 18.2 Å². The lowest BCUT2D eigenvalue weighted by Gasteiger charge is -2.17. The molecule has 3 aromatic heterocycles. The zero-order chi connectivity index (χ0) is 17.4. The summed E-state index contributed by atoms with van der Waals surface area (Å²) in [6.45, 7) is 0.611. The number of aromatic nitrogens is 5. The van der Waals surface area contributed by atoms with Crippen molar-refractivity contribution >= 4 is 39.7 Å². The minimum absolute atomic E-state index is 0.0935. The van der Waals surface area contributed by atoms with E-state index in [-0.39, 0.29) is 11.8 Å². The number of pyridine rings is 1. The fourth-order valence-electron chi connectivity index (χ4n) is 2.68. The van der Waals surface area contributed by atoms with Crippen LogP contribution in [0.2, 0.25) is 0 Å². The highest BCUT2D eigenvalue weighted by atomic mass is 15.2. The molecule has 25 heavy (non-hydrogen) atoms. The van der Waals surface area contributed by atoms with E-state index in [1.165, 1.54) is 0 Å². The quantitative estimate of drug-likeness (QED) is 0.582. The first-order valence-electron chi connectivity index (χ1n) is 7.71. The Morgan fingerprint density at radius 1 is 1.00 bits per heavy atom. The number of hydrogen-bond donors (Lipinski definition) is 2. The Morgan fingerprint density at radius 2 is 1.84 bits per heavy atom. The Bertz CT molecular complexity index is 1080. The summed E-state index contributed by atoms with van der Waals surface area (Å²) in [5.41, 5.74) is 13.9. The van der Waals surface area contributed by atoms with Crippen LogP contribution in [0, 0.1) is 0 Å². The van der Waals surface area contributed by atoms with Gasteiger partial charge in [-0.3, -0.25) is 4.98 Å². The molecule has 4 aromatic rings. The molecule has 4 rings (SSSR count). The molecule has 3 heterocycles. The van der Waals surface area contributed by atoms with Crippen molar-refractivity contribution in [3.63, 3.8) is 0 Å². The van der Waals surface area contributed by atoms with Crippen LogP contribution in [-0.2, 0) is 6.54 Å². The average molecular weight is 332 g/mol. The highest BCUT2D eigenvalue weighted by molar-refractivity contribution is 5.86. The molecule has 0 atom stereocenters. The van der Waals surface area contributed by atoms with E-state index in [0.717, 1.165) is 16.5 Å². The molecule has 0 aliphatic rings. The summed E-state index contributed by atoms with van der Waals surface area (Å²) in [7, 11) is 1.91. The summed E-state index contributed by atoms with van der Waals surface area (Å²) >= 11 is 0. The molecule has 0 spiro atoms. The number of nitrogens with two attached hydrogens (primary N) is 2. The van der Waals surface area contributed by atoms with E-state index >= 15 is 0 Å². The lowest BCUT2D eigenvalue weighted by atomic mass is 10.1. The third-order valence-electron chi connectivity index (χ3n) is 3.90. The predicted molar refractivity (Wildman–Crippen MR) is 97.8 cm³/mol. The zero-order valence-electron chi connectivity index (χ0n) is 13.6. The Labute approximate surface area is 143 Å². The van der Waals surface area contributed by atoms with Gasteiger partial charge in [-0.05, 0) is 17.7 Å². The summed E-state index contributed by atoms with van der Waals surface area (Å²) in [5, 5.41) is 1.68. The standard InChI is InChI=1S/C17H16N8/c1-25(9-10-6-11-4-2-3-5-13(11)20-7-10)17-21-8-12-14(18)22-16(19)23-15(12)24-17/h2-8H,9H2,1H3,(H4,18,19,21,22,23,24). The van der Waals surface area contributed by atoms with Gasteiger partial charge in [0, 0.05) is 31.4 Å². The zero-order valence-corrected chi connectivity index (χ0v) is 13.6. The Hall–Kier alpha value is -3.55. The number of anilines is 3. The number of fused-ring (bicyclic) bond motifs is 2. The van der Waals surface area contributed by atoms with Gasteiger partial charge in [-0.2, -0.15) is 15.0 Å². The number of rotatable bonds is 3. The van der Waals surface area contributed by atoms with Crippen LogP contribution >= 0.6 is 0 Å². The first-order chi connectivity index (χ1) is 12.1. The second-order valence-corrected chi connectivity index (χ2v) is 5.77. The summed E-state index contributed by atoms with van der Waals surface area (Å²) in [5.74, 6) is 0.893. The summed E-state index contributed by atoms with van der Waals surface area (Å²) in [4.78, 5) is 23.2. The van der Waals surface area contributed by atoms with E-state index in [1.807, 2.05) is 42.4 Å². The monoisotopic (exact) mass is 332 g/mol. The van der Waals surface area contributed by atoms with Gasteiger partial charge in [0.1, 0.15) is 5.82 Å². The van der Waals surface area contributed by atoms with Gasteiger partial charge < -0.3 is 16.4 Å². The molecule has 0 fully saturated rings. The summed E-state index contributed by atoms with van der Waals surface area (Å²) < 4.78 is 0. The molecule has 0 saturated carbocycles. The summed E-state index contributed by atoms with van der Waals surface area (Å²) in [6.07, 6.45) is 3.47. The molecule has 0 radical (unpaired) electrons. The van der Waals surface area contributed by atoms with Crippen molar-refractivity contribution in [3.05, 3.63) is 48.3 Å². The number of para-hydroxylation sites is 1. The molecule has 0 saturated heterocycles. The van der Waals surface area contributed by atoms with Crippen molar-refractivity contribution in [2.24, 2.45) is 0 Å². The van der Waals surface area contributed by atoms with Crippen molar-refractivity contribution in [1.82, 2.24) is 24.9 Å². The molecule has 4 N–H and O–H groups in total. The molecular weight excluding hydrogens is 316 g/mol. The predicted octanol–water partition coefficient (Wildman–Crippen LogP) is 1.77. The van der Waals surface area contributed by atoms with Gasteiger partial charge in [0.15, 0.2) is 5.65 Å². The van der Waals surface area contributed by atoms with Crippen molar-refractivity contribution in [1.29, 1.82) is 0 Å². The maximum atomic E-state index is 5.83. The highest BCUT2D eigenvalue weighted by Crippen LogP contribution is 2.20. The molecule has 8 heteroatoms. The van der Waals surface area contributed by atoms with E-state index in [2.05, 4.69) is 31.0 Å². The molecule has 0 aliphatic heterocycles. The van der Waals surface area contributed by atoms with E-state index in [0.29, 0.717) is 23.5 Å². The van der Waals surface area contributed by atoms with Crippen LogP contribution in [0.4, 0.5) is 17.7 Å². The lowest BCUT2D eigenvalue weighted by molar-refractivity contribution is 0.868. The van der Waals surface area contributed by atoms with Gasteiger partial charge in [0.2, 0.25) is 11.9 Å². The van der Waals surface area contributed by atoms with Crippen LogP contribution < -0.4 is 16.4 Å². The molecule has 0 aliphatic carbocycles. The van der Waals surface area contributed by atoms with Crippen molar-refractivity contribution in [3.8, 4) is 0 Å². The molecule has 1 aromatic carbocycles. The van der Waals surface area contributed by atoms with Crippen LogP contribution in [0.5, 0.6) is 0 Å². The van der Waals surface area contributed by atoms with Gasteiger partial charge in [-0.25, -0.2) is 4.98 Å². The van der Waals surface area contributed by atoms with Crippen molar-refractivity contribution in [2.45, 2.75) is 6.54 Å². The Kier molecular flexibility index (Phi) is 3.50. The van der Waals surface area contributed by atoms with E-state index in [1.54, 1.807) is 6.20 Å². The number of hydrogen-bond acceptors (Lipinski definition) is 8. The van der Waals surface area contributed by atoms with E-state index in [4.69, 9.17) is 11.5 Å². The van der Waals surface area contributed by atoms with Crippen LogP contribution in [0.25, 0.3) is 21.9 Å². The van der Waals surface area contributed by atoms with Crippen molar-refractivity contribution < 1.29 is 0 Å². The number of nitrogen functional groups attached to an aromatic ring is 2. The van der Waals surface area contributed by atoms with Crippen molar-refractivity contribution in [2.75, 3.05) is 23.4 Å². The van der Waals surface area contributed by atoms with Crippen LogP contribution in [0.15, 0.2) is 42.7 Å². The number of nitrogens with zero attached hydrogens (tertiary/aromatic N) is 6. The second-order valence-electron chi connectivity index (χ2n) is 5.77. The average Bonchev–Trinajstić information content (AvgIpc) is 2.61. The molecule has 0 amide bonds. The Morgan fingerprint density at radius 3 is 2.72 bits per heavy atom. The first kappa shape index (κ1) is 15.0. The first-order valence-corrected chi connectivity index (χ1v) is 7.71. The van der Waals surface area contributed by atoms with Gasteiger partial charge in [0.05, 0.1) is 10.9 Å². The molecule has 0 bridgehead atoms. The molecular formula is C17H16N8. The van der Waals surface area contributed by atoms with Crippen LogP contribution in [0.1, 0.15) is 5.56 Å². The molecule has 124 valence electrons. The maximum absolute atomic E-state index is 5.83. The minimum Gasteiger partial charge on any atom is -0.383 e. The van der Waals surface area contributed by atoms with Gasteiger partial charge >= 0.3 is 0 Å². The minimum atomic E-state index is 0.0935. The Balaban J connectivity index is 1.65. The SMILES string of the molecule is CN(Cc1cnc2ccccc2c1)c1ncc2c(N)nc(N)nc2n1. The third-order valence-corrected chi connectivity index (χ3v) is 3.90. The smallest absolute Gasteiger partial charge is 0.227 e. The number of benzene rings is 1. The molecule has 8 nitrogen and oxygen atoms in total. The van der Waals surface area contributed by atoms with E-state index < -0.39 is 0 Å². The topological polar surface area (TPSA) is 120 Å². The third kappa shape index (κ3) is 2.85. The molecule has 0 unspecified atom stereocenters. The van der Waals surface area contributed by atoms with E-state index in [9.17, 15) is 0 Å². The fourth-order valence-corrected chi connectivity index (χ4v) is 2.68. The lowest BCUT2D eigenvalue weighted by Crippen LogP contribution is -2.19. The fraction of sp³-hybridized carbons (Fsp3) is 0.118. The van der Waals surface area contributed by atoms with Gasteiger partial charge in [0.25, 0.3) is 0 Å². The van der Waals surface area contributed by atoms with Crippen LogP contribution in [-0.4, -0.2) is 32.0 Å². The van der Waals surface area contributed by atoms with Gasteiger partial charge in [-0.15, -0.1) is 0 Å². The maximum Gasteiger partial charge on any atom is 0.227 e. The largest absolute Gasteiger partial charge is 0.383 e.